The second-order valence-electron chi connectivity index (χ2n) is 6.99. The van der Waals surface area contributed by atoms with E-state index in [4.69, 9.17) is 16.0 Å². The van der Waals surface area contributed by atoms with Gasteiger partial charge in [0.05, 0.1) is 0 Å². The van der Waals surface area contributed by atoms with Crippen molar-refractivity contribution in [1.29, 1.82) is 0 Å². The summed E-state index contributed by atoms with van der Waals surface area (Å²) in [7, 11) is 0. The number of nitrogens with zero attached hydrogens (tertiary/aromatic N) is 3. The van der Waals surface area contributed by atoms with Crippen molar-refractivity contribution in [2.75, 3.05) is 37.7 Å². The van der Waals surface area contributed by atoms with E-state index in [0.717, 1.165) is 44.4 Å². The molecule has 0 aliphatic carbocycles. The van der Waals surface area contributed by atoms with Gasteiger partial charge in [0.2, 0.25) is 5.91 Å². The minimum Gasteiger partial charge on any atom is -0.423 e. The van der Waals surface area contributed by atoms with Gasteiger partial charge in [-0.05, 0) is 31.4 Å². The lowest BCUT2D eigenvalue weighted by Gasteiger charge is -2.32. The van der Waals surface area contributed by atoms with Gasteiger partial charge in [0, 0.05) is 55.7 Å². The molecule has 0 saturated carbocycles. The number of aliphatic hydroxyl groups is 1. The fraction of sp³-hybridized carbons (Fsp3) is 0.556. The van der Waals surface area contributed by atoms with Gasteiger partial charge in [-0.25, -0.2) is 0 Å². The average Bonchev–Trinajstić information content (AvgIpc) is 3.27. The zero-order valence-corrected chi connectivity index (χ0v) is 14.8. The molecule has 2 aliphatic heterocycles. The van der Waals surface area contributed by atoms with Gasteiger partial charge in [-0.2, -0.15) is 4.98 Å². The van der Waals surface area contributed by atoms with Crippen LogP contribution in [0.4, 0.5) is 6.01 Å². The third-order valence-corrected chi connectivity index (χ3v) is 5.54. The molecule has 2 saturated heterocycles. The van der Waals surface area contributed by atoms with E-state index in [1.54, 1.807) is 12.1 Å². The molecule has 1 N–H and O–H groups in total. The fourth-order valence-electron chi connectivity index (χ4n) is 3.78. The van der Waals surface area contributed by atoms with E-state index in [0.29, 0.717) is 23.2 Å². The van der Waals surface area contributed by atoms with Crippen LogP contribution in [0.25, 0.3) is 11.1 Å². The summed E-state index contributed by atoms with van der Waals surface area (Å²) >= 11 is 5.99. The zero-order chi connectivity index (χ0) is 17.4. The van der Waals surface area contributed by atoms with E-state index < -0.39 is 0 Å². The molecule has 3 heterocycles. The van der Waals surface area contributed by atoms with Crippen LogP contribution in [0.15, 0.2) is 22.6 Å². The Balaban J connectivity index is 1.38. The summed E-state index contributed by atoms with van der Waals surface area (Å²) in [6, 6.07) is 6.03. The molecule has 2 aromatic rings. The number of benzene rings is 1. The van der Waals surface area contributed by atoms with E-state index >= 15 is 0 Å². The van der Waals surface area contributed by atoms with Gasteiger partial charge in [-0.1, -0.05) is 11.6 Å². The van der Waals surface area contributed by atoms with Crippen LogP contribution in [-0.4, -0.2) is 53.7 Å². The maximum absolute atomic E-state index is 12.7. The number of carbonyl (C=O) groups is 1. The van der Waals surface area contributed by atoms with Gasteiger partial charge in [-0.3, -0.25) is 4.79 Å². The molecule has 1 unspecified atom stereocenters. The summed E-state index contributed by atoms with van der Waals surface area (Å²) in [6.07, 6.45) is 2.52. The molecule has 0 bridgehead atoms. The summed E-state index contributed by atoms with van der Waals surface area (Å²) in [6.45, 7) is 3.16. The van der Waals surface area contributed by atoms with E-state index in [-0.39, 0.29) is 24.3 Å². The SMILES string of the molecule is O=C(C1CCN(c2nc3ccc(Cl)cc3o2)CC1)N1CCC(CO)C1. The number of halogens is 1. The summed E-state index contributed by atoms with van der Waals surface area (Å²) in [5.41, 5.74) is 1.48. The summed E-state index contributed by atoms with van der Waals surface area (Å²) in [4.78, 5) is 21.2. The molecule has 1 aromatic carbocycles. The van der Waals surface area contributed by atoms with Crippen LogP contribution in [0.5, 0.6) is 0 Å². The Bertz CT molecular complexity index is 770. The number of rotatable bonds is 3. The average molecular weight is 364 g/mol. The lowest BCUT2D eigenvalue weighted by Crippen LogP contribution is -2.42. The highest BCUT2D eigenvalue weighted by Gasteiger charge is 2.33. The summed E-state index contributed by atoms with van der Waals surface area (Å²) in [5, 5.41) is 9.87. The van der Waals surface area contributed by atoms with Crippen molar-refractivity contribution in [2.24, 2.45) is 11.8 Å². The highest BCUT2D eigenvalue weighted by Crippen LogP contribution is 2.29. The molecule has 134 valence electrons. The molecular formula is C18H22ClN3O3. The lowest BCUT2D eigenvalue weighted by molar-refractivity contribution is -0.135. The number of piperidine rings is 1. The van der Waals surface area contributed by atoms with Crippen molar-refractivity contribution >= 4 is 34.6 Å². The third-order valence-electron chi connectivity index (χ3n) is 5.31. The molecule has 6 nitrogen and oxygen atoms in total. The second kappa shape index (κ2) is 6.84. The monoisotopic (exact) mass is 363 g/mol. The zero-order valence-electron chi connectivity index (χ0n) is 14.0. The molecule has 1 aromatic heterocycles. The van der Waals surface area contributed by atoms with Gasteiger partial charge < -0.3 is 19.3 Å². The first kappa shape index (κ1) is 16.7. The number of hydrogen-bond acceptors (Lipinski definition) is 5. The number of amides is 1. The van der Waals surface area contributed by atoms with Crippen LogP contribution in [-0.2, 0) is 4.79 Å². The molecule has 2 aliphatic rings. The standard InChI is InChI=1S/C18H22ClN3O3/c19-14-1-2-15-16(9-14)25-18(20-15)21-7-4-13(5-8-21)17(24)22-6-3-12(10-22)11-23/h1-2,9,12-13,23H,3-8,10-11H2. The van der Waals surface area contributed by atoms with Crippen LogP contribution >= 0.6 is 11.6 Å². The van der Waals surface area contributed by atoms with E-state index in [9.17, 15) is 9.90 Å². The molecule has 0 radical (unpaired) electrons. The van der Waals surface area contributed by atoms with Crippen molar-refractivity contribution < 1.29 is 14.3 Å². The van der Waals surface area contributed by atoms with Crippen LogP contribution < -0.4 is 4.90 Å². The number of carbonyl (C=O) groups excluding carboxylic acids is 1. The largest absolute Gasteiger partial charge is 0.423 e. The number of hydrogen-bond donors (Lipinski definition) is 1. The number of aliphatic hydroxyl groups excluding tert-OH is 1. The first-order valence-corrected chi connectivity index (χ1v) is 9.22. The Morgan fingerprint density at radius 1 is 1.28 bits per heavy atom. The van der Waals surface area contributed by atoms with Gasteiger partial charge in [-0.15, -0.1) is 0 Å². The van der Waals surface area contributed by atoms with Gasteiger partial charge in [0.15, 0.2) is 5.58 Å². The van der Waals surface area contributed by atoms with Crippen LogP contribution in [0.2, 0.25) is 5.02 Å². The summed E-state index contributed by atoms with van der Waals surface area (Å²) < 4.78 is 5.82. The first-order valence-electron chi connectivity index (χ1n) is 8.84. The third kappa shape index (κ3) is 3.33. The molecular weight excluding hydrogens is 342 g/mol. The Kier molecular flexibility index (Phi) is 4.56. The fourth-order valence-corrected chi connectivity index (χ4v) is 3.94. The summed E-state index contributed by atoms with van der Waals surface area (Å²) in [5.74, 6) is 0.545. The quantitative estimate of drug-likeness (QED) is 0.907. The van der Waals surface area contributed by atoms with Crippen LogP contribution in [0, 0.1) is 11.8 Å². The molecule has 25 heavy (non-hydrogen) atoms. The van der Waals surface area contributed by atoms with Crippen molar-refractivity contribution in [3.05, 3.63) is 23.2 Å². The van der Waals surface area contributed by atoms with Crippen molar-refractivity contribution in [1.82, 2.24) is 9.88 Å². The lowest BCUT2D eigenvalue weighted by atomic mass is 9.95. The Morgan fingerprint density at radius 3 is 2.80 bits per heavy atom. The van der Waals surface area contributed by atoms with Crippen molar-refractivity contribution in [3.63, 3.8) is 0 Å². The van der Waals surface area contributed by atoms with Gasteiger partial charge >= 0.3 is 0 Å². The van der Waals surface area contributed by atoms with Crippen molar-refractivity contribution in [2.45, 2.75) is 19.3 Å². The van der Waals surface area contributed by atoms with E-state index in [1.807, 2.05) is 11.0 Å². The predicted octanol–water partition coefficient (Wildman–Crippen LogP) is 2.54. The van der Waals surface area contributed by atoms with Gasteiger partial charge in [0.1, 0.15) is 5.52 Å². The molecule has 7 heteroatoms. The molecule has 1 atom stereocenters. The number of aromatic nitrogens is 1. The number of anilines is 1. The highest BCUT2D eigenvalue weighted by atomic mass is 35.5. The molecule has 1 amide bonds. The normalized spacial score (nSPS) is 22.1. The van der Waals surface area contributed by atoms with E-state index in [1.165, 1.54) is 0 Å². The van der Waals surface area contributed by atoms with Crippen LogP contribution in [0.1, 0.15) is 19.3 Å². The van der Waals surface area contributed by atoms with Crippen molar-refractivity contribution in [3.8, 4) is 0 Å². The van der Waals surface area contributed by atoms with Crippen LogP contribution in [0.3, 0.4) is 0 Å². The topological polar surface area (TPSA) is 69.8 Å². The Hall–Kier alpha value is -1.79. The maximum Gasteiger partial charge on any atom is 0.298 e. The number of fused-ring (bicyclic) bond motifs is 1. The van der Waals surface area contributed by atoms with E-state index in [2.05, 4.69) is 9.88 Å². The maximum atomic E-state index is 12.7. The highest BCUT2D eigenvalue weighted by molar-refractivity contribution is 6.31. The Morgan fingerprint density at radius 2 is 2.08 bits per heavy atom. The van der Waals surface area contributed by atoms with Gasteiger partial charge in [0.25, 0.3) is 6.01 Å². The minimum absolute atomic E-state index is 0.0625. The minimum atomic E-state index is 0.0625. The Labute approximate surface area is 151 Å². The second-order valence-corrected chi connectivity index (χ2v) is 7.43. The first-order chi connectivity index (χ1) is 12.1. The number of likely N-dealkylation sites (tertiary alicyclic amines) is 1. The predicted molar refractivity (Wildman–Crippen MR) is 95.7 cm³/mol. The molecule has 2 fully saturated rings. The number of oxazole rings is 1. The smallest absolute Gasteiger partial charge is 0.298 e. The molecule has 4 rings (SSSR count). The molecule has 0 spiro atoms.